The van der Waals surface area contributed by atoms with Crippen molar-refractivity contribution in [1.82, 2.24) is 0 Å². The van der Waals surface area contributed by atoms with Gasteiger partial charge in [0.05, 0.1) is 19.3 Å². The first-order valence-corrected chi connectivity index (χ1v) is 6.30. The van der Waals surface area contributed by atoms with E-state index in [1.165, 1.54) is 13.2 Å². The van der Waals surface area contributed by atoms with Crippen LogP contribution in [0.5, 0.6) is 17.2 Å². The quantitative estimate of drug-likeness (QED) is 0.850. The third-order valence-corrected chi connectivity index (χ3v) is 2.88. The Kier molecular flexibility index (Phi) is 4.25. The Balaban J connectivity index is 2.26. The van der Waals surface area contributed by atoms with E-state index in [0.29, 0.717) is 23.7 Å². The molecule has 2 rings (SSSR count). The van der Waals surface area contributed by atoms with Gasteiger partial charge in [-0.25, -0.2) is 0 Å². The molecule has 4 heteroatoms. The van der Waals surface area contributed by atoms with Crippen molar-refractivity contribution in [2.75, 3.05) is 13.7 Å². The lowest BCUT2D eigenvalue weighted by atomic mass is 10.0. The first-order valence-electron chi connectivity index (χ1n) is 6.30. The fourth-order valence-corrected chi connectivity index (χ4v) is 1.86. The van der Waals surface area contributed by atoms with Crippen LogP contribution in [0.2, 0.25) is 0 Å². The number of phenolic OH excluding ortho intramolecular Hbond substituents is 1. The van der Waals surface area contributed by atoms with E-state index >= 15 is 0 Å². The van der Waals surface area contributed by atoms with Crippen LogP contribution in [0, 0.1) is 0 Å². The third-order valence-electron chi connectivity index (χ3n) is 2.88. The molecular weight excluding hydrogens is 256 g/mol. The summed E-state index contributed by atoms with van der Waals surface area (Å²) in [6.45, 7) is 2.47. The number of aromatic hydroxyl groups is 1. The van der Waals surface area contributed by atoms with Crippen LogP contribution in [0.25, 0.3) is 0 Å². The number of methoxy groups -OCH3 is 1. The van der Waals surface area contributed by atoms with Gasteiger partial charge in [-0.2, -0.15) is 0 Å². The average Bonchev–Trinajstić information content (AvgIpc) is 2.47. The van der Waals surface area contributed by atoms with Gasteiger partial charge in [-0.15, -0.1) is 0 Å². The number of carbonyl (C=O) groups is 1. The lowest BCUT2D eigenvalue weighted by Gasteiger charge is -2.07. The van der Waals surface area contributed by atoms with Gasteiger partial charge in [0.1, 0.15) is 17.2 Å². The van der Waals surface area contributed by atoms with E-state index in [2.05, 4.69) is 0 Å². The number of phenols is 1. The van der Waals surface area contributed by atoms with E-state index in [-0.39, 0.29) is 17.1 Å². The molecule has 2 aromatic rings. The van der Waals surface area contributed by atoms with Crippen molar-refractivity contribution in [3.05, 3.63) is 53.6 Å². The molecule has 0 atom stereocenters. The van der Waals surface area contributed by atoms with Crippen molar-refractivity contribution in [2.45, 2.75) is 6.92 Å². The number of benzene rings is 2. The summed E-state index contributed by atoms with van der Waals surface area (Å²) in [6, 6.07) is 11.4. The molecule has 0 fully saturated rings. The molecule has 20 heavy (non-hydrogen) atoms. The molecule has 0 aliphatic heterocycles. The maximum atomic E-state index is 12.3. The van der Waals surface area contributed by atoms with Gasteiger partial charge in [-0.05, 0) is 43.3 Å². The minimum absolute atomic E-state index is 0.0942. The maximum absolute atomic E-state index is 12.3. The molecule has 104 valence electrons. The van der Waals surface area contributed by atoms with Crippen LogP contribution < -0.4 is 9.47 Å². The number of hydrogen-bond acceptors (Lipinski definition) is 4. The molecule has 0 heterocycles. The van der Waals surface area contributed by atoms with Crippen molar-refractivity contribution >= 4 is 5.78 Å². The smallest absolute Gasteiger partial charge is 0.196 e. The second-order valence-electron chi connectivity index (χ2n) is 4.17. The van der Waals surface area contributed by atoms with E-state index in [9.17, 15) is 9.90 Å². The van der Waals surface area contributed by atoms with Crippen LogP contribution in [-0.2, 0) is 0 Å². The van der Waals surface area contributed by atoms with Crippen molar-refractivity contribution in [3.63, 3.8) is 0 Å². The van der Waals surface area contributed by atoms with Crippen LogP contribution in [0.15, 0.2) is 42.5 Å². The van der Waals surface area contributed by atoms with Gasteiger partial charge in [-0.1, -0.05) is 0 Å². The predicted molar refractivity (Wildman–Crippen MR) is 75.7 cm³/mol. The van der Waals surface area contributed by atoms with Gasteiger partial charge in [0.25, 0.3) is 0 Å². The van der Waals surface area contributed by atoms with Gasteiger partial charge in [0.15, 0.2) is 5.78 Å². The Bertz CT molecular complexity index is 602. The fourth-order valence-electron chi connectivity index (χ4n) is 1.86. The zero-order valence-corrected chi connectivity index (χ0v) is 11.4. The standard InChI is InChI=1S/C16H16O4/c1-3-20-12-6-4-11(5-7-12)16(18)14-9-8-13(19-2)10-15(14)17/h4-10,17H,3H2,1-2H3. The Hall–Kier alpha value is -2.49. The first kappa shape index (κ1) is 13.9. The number of ketones is 1. The highest BCUT2D eigenvalue weighted by atomic mass is 16.5. The van der Waals surface area contributed by atoms with Crippen LogP contribution in [0.3, 0.4) is 0 Å². The molecule has 0 aliphatic carbocycles. The highest BCUT2D eigenvalue weighted by Crippen LogP contribution is 2.26. The van der Waals surface area contributed by atoms with E-state index in [0.717, 1.165) is 0 Å². The van der Waals surface area contributed by atoms with E-state index in [4.69, 9.17) is 9.47 Å². The topological polar surface area (TPSA) is 55.8 Å². The largest absolute Gasteiger partial charge is 0.507 e. The first-order chi connectivity index (χ1) is 9.65. The molecule has 0 aromatic heterocycles. The highest BCUT2D eigenvalue weighted by molar-refractivity contribution is 6.10. The van der Waals surface area contributed by atoms with Crippen molar-refractivity contribution in [1.29, 1.82) is 0 Å². The molecule has 0 radical (unpaired) electrons. The molecule has 1 N–H and O–H groups in total. The molecule has 0 spiro atoms. The molecule has 0 aliphatic rings. The SMILES string of the molecule is CCOc1ccc(C(=O)c2ccc(OC)cc2O)cc1. The monoisotopic (exact) mass is 272 g/mol. The summed E-state index contributed by atoms with van der Waals surface area (Å²) in [5, 5.41) is 9.87. The van der Waals surface area contributed by atoms with Crippen LogP contribution in [0.4, 0.5) is 0 Å². The van der Waals surface area contributed by atoms with Crippen molar-refractivity contribution in [2.24, 2.45) is 0 Å². The van der Waals surface area contributed by atoms with Crippen LogP contribution >= 0.6 is 0 Å². The summed E-state index contributed by atoms with van der Waals surface area (Å²) >= 11 is 0. The zero-order valence-electron chi connectivity index (χ0n) is 11.4. The fraction of sp³-hybridized carbons (Fsp3) is 0.188. The highest BCUT2D eigenvalue weighted by Gasteiger charge is 2.14. The normalized spacial score (nSPS) is 10.1. The molecular formula is C16H16O4. The summed E-state index contributed by atoms with van der Waals surface area (Å²) in [5.41, 5.74) is 0.740. The van der Waals surface area contributed by atoms with Crippen molar-refractivity contribution < 1.29 is 19.4 Å². The molecule has 0 unspecified atom stereocenters. The second kappa shape index (κ2) is 6.10. The zero-order chi connectivity index (χ0) is 14.5. The lowest BCUT2D eigenvalue weighted by Crippen LogP contribution is -2.02. The molecule has 0 saturated heterocycles. The number of ether oxygens (including phenoxy) is 2. The minimum atomic E-state index is -0.242. The number of hydrogen-bond donors (Lipinski definition) is 1. The van der Waals surface area contributed by atoms with E-state index in [1.54, 1.807) is 36.4 Å². The van der Waals surface area contributed by atoms with Crippen LogP contribution in [0.1, 0.15) is 22.8 Å². The van der Waals surface area contributed by atoms with Gasteiger partial charge in [0.2, 0.25) is 0 Å². The summed E-state index contributed by atoms with van der Waals surface area (Å²) in [5.74, 6) is 0.880. The van der Waals surface area contributed by atoms with Crippen molar-refractivity contribution in [3.8, 4) is 17.2 Å². The van der Waals surface area contributed by atoms with Gasteiger partial charge < -0.3 is 14.6 Å². The Labute approximate surface area is 117 Å². The predicted octanol–water partition coefficient (Wildman–Crippen LogP) is 3.03. The summed E-state index contributed by atoms with van der Waals surface area (Å²) < 4.78 is 10.3. The Morgan fingerprint density at radius 1 is 1.10 bits per heavy atom. The molecule has 0 amide bonds. The van der Waals surface area contributed by atoms with Gasteiger partial charge in [-0.3, -0.25) is 4.79 Å². The van der Waals surface area contributed by atoms with Gasteiger partial charge in [0, 0.05) is 11.6 Å². The van der Waals surface area contributed by atoms with Crippen LogP contribution in [-0.4, -0.2) is 24.6 Å². The summed E-state index contributed by atoms with van der Waals surface area (Å²) in [6.07, 6.45) is 0. The Morgan fingerprint density at radius 2 is 1.75 bits per heavy atom. The second-order valence-corrected chi connectivity index (χ2v) is 4.17. The molecule has 2 aromatic carbocycles. The summed E-state index contributed by atoms with van der Waals surface area (Å²) in [7, 11) is 1.50. The minimum Gasteiger partial charge on any atom is -0.507 e. The Morgan fingerprint density at radius 3 is 2.30 bits per heavy atom. The number of rotatable bonds is 5. The maximum Gasteiger partial charge on any atom is 0.196 e. The molecule has 0 bridgehead atoms. The summed E-state index contributed by atoms with van der Waals surface area (Å²) in [4.78, 5) is 12.3. The molecule has 4 nitrogen and oxygen atoms in total. The lowest BCUT2D eigenvalue weighted by molar-refractivity contribution is 0.103. The van der Waals surface area contributed by atoms with Gasteiger partial charge >= 0.3 is 0 Å². The average molecular weight is 272 g/mol. The van der Waals surface area contributed by atoms with E-state index < -0.39 is 0 Å². The number of carbonyl (C=O) groups excluding carboxylic acids is 1. The van der Waals surface area contributed by atoms with E-state index in [1.807, 2.05) is 6.92 Å². The molecule has 0 saturated carbocycles. The third kappa shape index (κ3) is 2.91.